The Hall–Kier alpha value is -2.43. The van der Waals surface area contributed by atoms with E-state index < -0.39 is 5.91 Å². The van der Waals surface area contributed by atoms with Crippen molar-refractivity contribution in [2.45, 2.75) is 19.3 Å². The van der Waals surface area contributed by atoms with E-state index in [2.05, 4.69) is 4.98 Å². The molecule has 0 fully saturated rings. The third-order valence-corrected chi connectivity index (χ3v) is 3.87. The maximum atomic E-state index is 12.7. The van der Waals surface area contributed by atoms with Crippen molar-refractivity contribution in [3.8, 4) is 0 Å². The van der Waals surface area contributed by atoms with E-state index in [1.165, 1.54) is 4.90 Å². The minimum absolute atomic E-state index is 0.0791. The maximum Gasteiger partial charge on any atom is 0.255 e. The van der Waals surface area contributed by atoms with E-state index in [1.54, 1.807) is 7.05 Å². The quantitative estimate of drug-likeness (QED) is 0.922. The minimum atomic E-state index is -0.513. The summed E-state index contributed by atoms with van der Waals surface area (Å²) < 4.78 is 0. The Bertz CT molecular complexity index is 740. The molecular weight excluding hydrogens is 266 g/mol. The number of pyridine rings is 1. The number of nitrogens with zero attached hydrogens (tertiary/aromatic N) is 2. The number of carbonyl (C=O) groups excluding carboxylic acids is 2. The number of aromatic nitrogens is 1. The molecule has 108 valence electrons. The molecule has 21 heavy (non-hydrogen) atoms. The highest BCUT2D eigenvalue weighted by Crippen LogP contribution is 2.30. The number of rotatable bonds is 3. The number of carbonyl (C=O) groups is 2. The molecule has 0 atom stereocenters. The molecule has 1 heterocycles. The van der Waals surface area contributed by atoms with Crippen molar-refractivity contribution in [3.05, 3.63) is 41.1 Å². The van der Waals surface area contributed by atoms with E-state index in [9.17, 15) is 9.59 Å². The molecule has 1 aromatic carbocycles. The van der Waals surface area contributed by atoms with Gasteiger partial charge in [0.1, 0.15) is 0 Å². The molecule has 0 bridgehead atoms. The fourth-order valence-corrected chi connectivity index (χ4v) is 2.95. The van der Waals surface area contributed by atoms with Gasteiger partial charge in [-0.2, -0.15) is 0 Å². The number of hydrogen-bond donors (Lipinski definition) is 1. The number of para-hydroxylation sites is 1. The average Bonchev–Trinajstić information content (AvgIpc) is 2.90. The third-order valence-electron chi connectivity index (χ3n) is 3.87. The van der Waals surface area contributed by atoms with Gasteiger partial charge in [-0.1, -0.05) is 18.2 Å². The standard InChI is InChI=1S/C16H17N3O2/c1-19(9-14(17)20)16(21)15-10-5-2-3-7-12(10)18-13-8-4-6-11(13)15/h2-3,5,7H,4,6,8-9H2,1H3,(H2,17,20). The Morgan fingerprint density at radius 2 is 2.05 bits per heavy atom. The number of amides is 2. The van der Waals surface area contributed by atoms with Crippen molar-refractivity contribution in [1.82, 2.24) is 9.88 Å². The second-order valence-electron chi connectivity index (χ2n) is 5.41. The van der Waals surface area contributed by atoms with Crippen molar-refractivity contribution < 1.29 is 9.59 Å². The Kier molecular flexibility index (Phi) is 3.33. The number of primary amides is 1. The van der Waals surface area contributed by atoms with Crippen LogP contribution in [0.15, 0.2) is 24.3 Å². The Morgan fingerprint density at radius 3 is 2.81 bits per heavy atom. The van der Waals surface area contributed by atoms with Gasteiger partial charge in [-0.3, -0.25) is 14.6 Å². The molecule has 1 aliphatic rings. The highest BCUT2D eigenvalue weighted by atomic mass is 16.2. The van der Waals surface area contributed by atoms with Crippen molar-refractivity contribution in [1.29, 1.82) is 0 Å². The van der Waals surface area contributed by atoms with Crippen molar-refractivity contribution >= 4 is 22.7 Å². The van der Waals surface area contributed by atoms with Gasteiger partial charge in [0.25, 0.3) is 5.91 Å². The molecule has 2 amide bonds. The molecular formula is C16H17N3O2. The normalized spacial score (nSPS) is 13.2. The molecule has 0 aliphatic heterocycles. The van der Waals surface area contributed by atoms with E-state index in [0.717, 1.165) is 41.4 Å². The molecule has 3 rings (SSSR count). The SMILES string of the molecule is CN(CC(N)=O)C(=O)c1c2c(nc3ccccc13)CCC2. The summed E-state index contributed by atoms with van der Waals surface area (Å²) in [5, 5.41) is 0.847. The summed E-state index contributed by atoms with van der Waals surface area (Å²) in [6.45, 7) is -0.0791. The first-order valence-corrected chi connectivity index (χ1v) is 7.02. The first-order valence-electron chi connectivity index (χ1n) is 7.02. The van der Waals surface area contributed by atoms with E-state index in [4.69, 9.17) is 5.73 Å². The van der Waals surface area contributed by atoms with Crippen LogP contribution < -0.4 is 5.73 Å². The molecule has 0 radical (unpaired) electrons. The zero-order valence-electron chi connectivity index (χ0n) is 11.9. The van der Waals surface area contributed by atoms with Crippen LogP contribution in [0.4, 0.5) is 0 Å². The van der Waals surface area contributed by atoms with Crippen molar-refractivity contribution in [2.75, 3.05) is 13.6 Å². The minimum Gasteiger partial charge on any atom is -0.368 e. The zero-order chi connectivity index (χ0) is 15.0. The van der Waals surface area contributed by atoms with Gasteiger partial charge < -0.3 is 10.6 Å². The Balaban J connectivity index is 2.16. The van der Waals surface area contributed by atoms with E-state index >= 15 is 0 Å². The Morgan fingerprint density at radius 1 is 1.29 bits per heavy atom. The van der Waals surface area contributed by atoms with E-state index in [1.807, 2.05) is 24.3 Å². The summed E-state index contributed by atoms with van der Waals surface area (Å²) in [6, 6.07) is 7.64. The lowest BCUT2D eigenvalue weighted by Gasteiger charge is -2.19. The van der Waals surface area contributed by atoms with Gasteiger partial charge in [-0.05, 0) is 30.9 Å². The molecule has 5 nitrogen and oxygen atoms in total. The van der Waals surface area contributed by atoms with Gasteiger partial charge in [0.2, 0.25) is 5.91 Å². The van der Waals surface area contributed by atoms with Crippen LogP contribution >= 0.6 is 0 Å². The van der Waals surface area contributed by atoms with Crippen LogP contribution in [0, 0.1) is 0 Å². The lowest BCUT2D eigenvalue weighted by molar-refractivity contribution is -0.118. The molecule has 0 unspecified atom stereocenters. The second kappa shape index (κ2) is 5.16. The predicted octanol–water partition coefficient (Wildman–Crippen LogP) is 1.28. The lowest BCUT2D eigenvalue weighted by Crippen LogP contribution is -2.36. The summed E-state index contributed by atoms with van der Waals surface area (Å²) >= 11 is 0. The van der Waals surface area contributed by atoms with Crippen LogP contribution in [0.3, 0.4) is 0 Å². The molecule has 0 spiro atoms. The van der Waals surface area contributed by atoms with Gasteiger partial charge in [0, 0.05) is 18.1 Å². The maximum absolute atomic E-state index is 12.7. The number of benzene rings is 1. The van der Waals surface area contributed by atoms with Crippen LogP contribution in [0.2, 0.25) is 0 Å². The van der Waals surface area contributed by atoms with Crippen molar-refractivity contribution in [2.24, 2.45) is 5.73 Å². The van der Waals surface area contributed by atoms with E-state index in [-0.39, 0.29) is 12.5 Å². The third kappa shape index (κ3) is 2.35. The first kappa shape index (κ1) is 13.5. The fourth-order valence-electron chi connectivity index (χ4n) is 2.95. The van der Waals surface area contributed by atoms with Gasteiger partial charge in [-0.15, -0.1) is 0 Å². The van der Waals surface area contributed by atoms with Gasteiger partial charge >= 0.3 is 0 Å². The first-order chi connectivity index (χ1) is 10.1. The summed E-state index contributed by atoms with van der Waals surface area (Å²) in [6.07, 6.45) is 2.77. The highest BCUT2D eigenvalue weighted by Gasteiger charge is 2.25. The smallest absolute Gasteiger partial charge is 0.255 e. The predicted molar refractivity (Wildman–Crippen MR) is 79.9 cm³/mol. The molecule has 0 saturated carbocycles. The molecule has 1 aliphatic carbocycles. The van der Waals surface area contributed by atoms with E-state index in [0.29, 0.717) is 5.56 Å². The van der Waals surface area contributed by atoms with Crippen LogP contribution in [0.1, 0.15) is 28.0 Å². The lowest BCUT2D eigenvalue weighted by atomic mass is 10.00. The molecule has 2 N–H and O–H groups in total. The number of likely N-dealkylation sites (N-methyl/N-ethyl adjacent to an activating group) is 1. The summed E-state index contributed by atoms with van der Waals surface area (Å²) in [5.41, 5.74) is 8.72. The van der Waals surface area contributed by atoms with Crippen LogP contribution in [-0.4, -0.2) is 35.3 Å². The fraction of sp³-hybridized carbons (Fsp3) is 0.312. The monoisotopic (exact) mass is 283 g/mol. The highest BCUT2D eigenvalue weighted by molar-refractivity contribution is 6.08. The largest absolute Gasteiger partial charge is 0.368 e. The van der Waals surface area contributed by atoms with Gasteiger partial charge in [-0.25, -0.2) is 0 Å². The summed E-state index contributed by atoms with van der Waals surface area (Å²) in [5.74, 6) is -0.675. The summed E-state index contributed by atoms with van der Waals surface area (Å²) in [7, 11) is 1.60. The number of fused-ring (bicyclic) bond motifs is 2. The Labute approximate surface area is 122 Å². The topological polar surface area (TPSA) is 76.3 Å². The number of aryl methyl sites for hydroxylation is 1. The van der Waals surface area contributed by atoms with Gasteiger partial charge in [0.15, 0.2) is 0 Å². The van der Waals surface area contributed by atoms with Crippen LogP contribution in [0.25, 0.3) is 10.9 Å². The zero-order valence-corrected chi connectivity index (χ0v) is 11.9. The average molecular weight is 283 g/mol. The molecule has 5 heteroatoms. The number of hydrogen-bond acceptors (Lipinski definition) is 3. The molecule has 2 aromatic rings. The summed E-state index contributed by atoms with van der Waals surface area (Å²) in [4.78, 5) is 29.8. The van der Waals surface area contributed by atoms with Gasteiger partial charge in [0.05, 0.1) is 17.6 Å². The second-order valence-corrected chi connectivity index (χ2v) is 5.41. The number of nitrogens with two attached hydrogens (primary N) is 1. The van der Waals surface area contributed by atoms with Crippen LogP contribution in [-0.2, 0) is 17.6 Å². The van der Waals surface area contributed by atoms with Crippen LogP contribution in [0.5, 0.6) is 0 Å². The molecule has 1 aromatic heterocycles. The molecule has 0 saturated heterocycles. The van der Waals surface area contributed by atoms with Crippen molar-refractivity contribution in [3.63, 3.8) is 0 Å².